The lowest BCUT2D eigenvalue weighted by atomic mass is 10.3. The van der Waals surface area contributed by atoms with Crippen LogP contribution in [-0.4, -0.2) is 9.38 Å². The highest BCUT2D eigenvalue weighted by atomic mass is 79.9. The average molecular weight is 237 g/mol. The molecule has 0 unspecified atom stereocenters. The van der Waals surface area contributed by atoms with Crippen LogP contribution < -0.4 is 0 Å². The van der Waals surface area contributed by atoms with Crippen LogP contribution in [0.5, 0.6) is 0 Å². The summed E-state index contributed by atoms with van der Waals surface area (Å²) < 4.78 is 3.17. The average Bonchev–Trinajstić information content (AvgIpc) is 2.87. The molecule has 0 saturated heterocycles. The zero-order valence-electron chi connectivity index (χ0n) is 7.07. The summed E-state index contributed by atoms with van der Waals surface area (Å²) in [6.07, 6.45) is 6.80. The van der Waals surface area contributed by atoms with Crippen LogP contribution in [0.4, 0.5) is 0 Å². The van der Waals surface area contributed by atoms with E-state index in [1.54, 1.807) is 0 Å². The fourth-order valence-corrected chi connectivity index (χ4v) is 1.88. The van der Waals surface area contributed by atoms with E-state index in [2.05, 4.69) is 31.5 Å². The second kappa shape index (κ2) is 2.58. The van der Waals surface area contributed by atoms with Gasteiger partial charge in [0, 0.05) is 22.8 Å². The molecule has 1 fully saturated rings. The molecule has 2 aromatic heterocycles. The maximum Gasteiger partial charge on any atom is 0.138 e. The monoisotopic (exact) mass is 236 g/mol. The van der Waals surface area contributed by atoms with Gasteiger partial charge in [-0.15, -0.1) is 0 Å². The summed E-state index contributed by atoms with van der Waals surface area (Å²) in [6.45, 7) is 0. The Balaban J connectivity index is 2.20. The first kappa shape index (κ1) is 7.56. The molecule has 66 valence electrons. The van der Waals surface area contributed by atoms with Gasteiger partial charge < -0.3 is 4.40 Å². The van der Waals surface area contributed by atoms with Crippen molar-refractivity contribution in [3.8, 4) is 0 Å². The minimum absolute atomic E-state index is 0.735. The Morgan fingerprint density at radius 2 is 2.31 bits per heavy atom. The van der Waals surface area contributed by atoms with E-state index in [4.69, 9.17) is 0 Å². The predicted molar refractivity (Wildman–Crippen MR) is 54.9 cm³/mol. The maximum absolute atomic E-state index is 4.57. The lowest BCUT2D eigenvalue weighted by molar-refractivity contribution is 1.06. The zero-order chi connectivity index (χ0) is 8.84. The van der Waals surface area contributed by atoms with Crippen molar-refractivity contribution in [2.75, 3.05) is 0 Å². The van der Waals surface area contributed by atoms with Gasteiger partial charge in [0.25, 0.3) is 0 Å². The first-order valence-electron chi connectivity index (χ1n) is 4.47. The molecule has 0 bridgehead atoms. The SMILES string of the molecule is Brc1ccn2cc(C3CC3)nc2c1. The third-order valence-electron chi connectivity index (χ3n) is 2.44. The van der Waals surface area contributed by atoms with E-state index in [9.17, 15) is 0 Å². The highest BCUT2D eigenvalue weighted by Gasteiger charge is 2.25. The molecule has 0 amide bonds. The quantitative estimate of drug-likeness (QED) is 0.745. The van der Waals surface area contributed by atoms with Crippen molar-refractivity contribution in [3.63, 3.8) is 0 Å². The molecule has 2 heterocycles. The summed E-state index contributed by atoms with van der Waals surface area (Å²) in [5, 5.41) is 0. The number of aromatic nitrogens is 2. The van der Waals surface area contributed by atoms with E-state index in [0.717, 1.165) is 16.0 Å². The van der Waals surface area contributed by atoms with E-state index in [1.165, 1.54) is 18.5 Å². The number of imidazole rings is 1. The predicted octanol–water partition coefficient (Wildman–Crippen LogP) is 2.97. The Morgan fingerprint density at radius 1 is 1.46 bits per heavy atom. The summed E-state index contributed by atoms with van der Waals surface area (Å²) in [7, 11) is 0. The highest BCUT2D eigenvalue weighted by Crippen LogP contribution is 2.39. The van der Waals surface area contributed by atoms with Gasteiger partial charge in [0.05, 0.1) is 5.69 Å². The van der Waals surface area contributed by atoms with E-state index in [-0.39, 0.29) is 0 Å². The first-order valence-corrected chi connectivity index (χ1v) is 5.26. The summed E-state index contributed by atoms with van der Waals surface area (Å²) in [5.41, 5.74) is 2.29. The molecule has 2 nitrogen and oxygen atoms in total. The van der Waals surface area contributed by atoms with Crippen molar-refractivity contribution in [2.45, 2.75) is 18.8 Å². The van der Waals surface area contributed by atoms with Crippen LogP contribution in [0.25, 0.3) is 5.65 Å². The molecule has 3 rings (SSSR count). The Bertz CT molecular complexity index is 457. The van der Waals surface area contributed by atoms with Crippen LogP contribution in [0.1, 0.15) is 24.5 Å². The molecule has 0 atom stereocenters. The van der Waals surface area contributed by atoms with Crippen LogP contribution in [0.2, 0.25) is 0 Å². The van der Waals surface area contributed by atoms with Gasteiger partial charge in [-0.25, -0.2) is 4.98 Å². The minimum atomic E-state index is 0.735. The Hall–Kier alpha value is -0.830. The Morgan fingerprint density at radius 3 is 3.08 bits per heavy atom. The van der Waals surface area contributed by atoms with Crippen molar-refractivity contribution in [2.24, 2.45) is 0 Å². The Kier molecular flexibility index (Phi) is 1.50. The number of fused-ring (bicyclic) bond motifs is 1. The standard InChI is InChI=1S/C10H9BrN2/c11-8-3-4-13-6-9(7-1-2-7)12-10(13)5-8/h3-7H,1-2H2. The molecule has 0 N–H and O–H groups in total. The minimum Gasteiger partial charge on any atom is -0.307 e. The van der Waals surface area contributed by atoms with E-state index in [0.29, 0.717) is 0 Å². The molecule has 0 aromatic carbocycles. The molecule has 2 aromatic rings. The van der Waals surface area contributed by atoms with Gasteiger partial charge in [-0.2, -0.15) is 0 Å². The second-order valence-electron chi connectivity index (χ2n) is 3.55. The Labute approximate surface area is 84.7 Å². The van der Waals surface area contributed by atoms with Crippen LogP contribution >= 0.6 is 15.9 Å². The molecular formula is C10H9BrN2. The van der Waals surface area contributed by atoms with E-state index in [1.807, 2.05) is 18.3 Å². The maximum atomic E-state index is 4.57. The van der Waals surface area contributed by atoms with Crippen molar-refractivity contribution in [3.05, 3.63) is 34.7 Å². The second-order valence-corrected chi connectivity index (χ2v) is 4.47. The molecular weight excluding hydrogens is 228 g/mol. The van der Waals surface area contributed by atoms with Crippen LogP contribution in [0.15, 0.2) is 29.0 Å². The third kappa shape index (κ3) is 1.27. The fraction of sp³-hybridized carbons (Fsp3) is 0.300. The van der Waals surface area contributed by atoms with Crippen LogP contribution in [0, 0.1) is 0 Å². The molecule has 1 saturated carbocycles. The zero-order valence-corrected chi connectivity index (χ0v) is 8.66. The van der Waals surface area contributed by atoms with Gasteiger partial charge >= 0.3 is 0 Å². The largest absolute Gasteiger partial charge is 0.307 e. The van der Waals surface area contributed by atoms with Gasteiger partial charge in [-0.3, -0.25) is 0 Å². The summed E-state index contributed by atoms with van der Waals surface area (Å²) in [6, 6.07) is 4.08. The summed E-state index contributed by atoms with van der Waals surface area (Å²) in [4.78, 5) is 4.57. The normalized spacial score (nSPS) is 16.7. The van der Waals surface area contributed by atoms with Crippen molar-refractivity contribution in [1.29, 1.82) is 0 Å². The van der Waals surface area contributed by atoms with Gasteiger partial charge in [-0.1, -0.05) is 15.9 Å². The van der Waals surface area contributed by atoms with Gasteiger partial charge in [0.2, 0.25) is 0 Å². The molecule has 1 aliphatic rings. The fourth-order valence-electron chi connectivity index (χ4n) is 1.55. The number of hydrogen-bond acceptors (Lipinski definition) is 1. The molecule has 3 heteroatoms. The number of halogens is 1. The van der Waals surface area contributed by atoms with Gasteiger partial charge in [0.15, 0.2) is 0 Å². The van der Waals surface area contributed by atoms with Crippen molar-refractivity contribution in [1.82, 2.24) is 9.38 Å². The molecule has 0 aliphatic heterocycles. The number of nitrogens with zero attached hydrogens (tertiary/aromatic N) is 2. The highest BCUT2D eigenvalue weighted by molar-refractivity contribution is 9.10. The lowest BCUT2D eigenvalue weighted by Gasteiger charge is -1.91. The smallest absolute Gasteiger partial charge is 0.138 e. The number of pyridine rings is 1. The van der Waals surface area contributed by atoms with Crippen LogP contribution in [-0.2, 0) is 0 Å². The third-order valence-corrected chi connectivity index (χ3v) is 2.93. The molecule has 0 spiro atoms. The number of hydrogen-bond donors (Lipinski definition) is 0. The van der Waals surface area contributed by atoms with Gasteiger partial charge in [-0.05, 0) is 25.0 Å². The summed E-state index contributed by atoms with van der Waals surface area (Å²) in [5.74, 6) is 0.735. The molecule has 13 heavy (non-hydrogen) atoms. The van der Waals surface area contributed by atoms with E-state index >= 15 is 0 Å². The lowest BCUT2D eigenvalue weighted by Crippen LogP contribution is -1.79. The topological polar surface area (TPSA) is 17.3 Å². The van der Waals surface area contributed by atoms with Gasteiger partial charge in [0.1, 0.15) is 5.65 Å². The number of rotatable bonds is 1. The first-order chi connectivity index (χ1) is 6.33. The van der Waals surface area contributed by atoms with Crippen LogP contribution in [0.3, 0.4) is 0 Å². The van der Waals surface area contributed by atoms with Crippen molar-refractivity contribution >= 4 is 21.6 Å². The van der Waals surface area contributed by atoms with E-state index < -0.39 is 0 Å². The molecule has 0 radical (unpaired) electrons. The summed E-state index contributed by atoms with van der Waals surface area (Å²) >= 11 is 3.44. The van der Waals surface area contributed by atoms with Crippen molar-refractivity contribution < 1.29 is 0 Å². The molecule has 1 aliphatic carbocycles.